The van der Waals surface area contributed by atoms with Crippen LogP contribution in [0.2, 0.25) is 0 Å². The zero-order valence-electron chi connectivity index (χ0n) is 22.1. The molecular weight excluding hydrogens is 500 g/mol. The Morgan fingerprint density at radius 2 is 0.425 bits per heavy atom. The van der Waals surface area contributed by atoms with Gasteiger partial charge in [0.2, 0.25) is 0 Å². The van der Waals surface area contributed by atoms with Crippen LogP contribution in [0.3, 0.4) is 0 Å². The number of fused-ring (bicyclic) bond motifs is 5. The largest absolute Gasteiger partial charge is 0.488 e. The van der Waals surface area contributed by atoms with E-state index < -0.39 is 0 Å². The molecule has 5 aromatic rings. The standard InChI is InChI=1S/C35H30O5/c1-6-16-31-26(11-1)21-36-32-17-7-2-13-28(32)23-38-34-19-9-4-15-30(34)25-40-35-20-10-5-14-29(35)24-39-33-18-8-3-12-27(33)22-37-31/h1-20H,21-25H2. The van der Waals surface area contributed by atoms with E-state index in [0.717, 1.165) is 56.6 Å². The number of para-hydroxylation sites is 5. The van der Waals surface area contributed by atoms with Gasteiger partial charge in [-0.2, -0.15) is 0 Å². The summed E-state index contributed by atoms with van der Waals surface area (Å²) in [6, 6.07) is 39.8. The van der Waals surface area contributed by atoms with E-state index in [-0.39, 0.29) is 0 Å². The normalized spacial score (nSPS) is 13.5. The van der Waals surface area contributed by atoms with Crippen molar-refractivity contribution in [2.75, 3.05) is 0 Å². The van der Waals surface area contributed by atoms with Crippen molar-refractivity contribution in [1.82, 2.24) is 0 Å². The lowest BCUT2D eigenvalue weighted by atomic mass is 10.1. The monoisotopic (exact) mass is 530 g/mol. The first-order valence-corrected chi connectivity index (χ1v) is 13.4. The maximum Gasteiger partial charge on any atom is 0.126 e. The second-order valence-corrected chi connectivity index (χ2v) is 9.48. The smallest absolute Gasteiger partial charge is 0.126 e. The molecule has 0 fully saturated rings. The molecule has 0 bridgehead atoms. The third-order valence-corrected chi connectivity index (χ3v) is 6.78. The zero-order chi connectivity index (χ0) is 27.0. The zero-order valence-corrected chi connectivity index (χ0v) is 22.1. The molecule has 5 aromatic carbocycles. The molecule has 5 heteroatoms. The van der Waals surface area contributed by atoms with Crippen LogP contribution >= 0.6 is 0 Å². The molecule has 5 nitrogen and oxygen atoms in total. The molecule has 0 radical (unpaired) electrons. The van der Waals surface area contributed by atoms with Gasteiger partial charge in [-0.05, 0) is 30.3 Å². The Morgan fingerprint density at radius 3 is 0.625 bits per heavy atom. The van der Waals surface area contributed by atoms with Crippen molar-refractivity contribution in [3.8, 4) is 28.7 Å². The van der Waals surface area contributed by atoms with E-state index in [1.165, 1.54) is 0 Å². The highest BCUT2D eigenvalue weighted by Gasteiger charge is 2.13. The highest BCUT2D eigenvalue weighted by Crippen LogP contribution is 2.29. The lowest BCUT2D eigenvalue weighted by Gasteiger charge is -2.18. The third kappa shape index (κ3) is 6.05. The van der Waals surface area contributed by atoms with Gasteiger partial charge in [0, 0.05) is 27.8 Å². The number of hydrogen-bond acceptors (Lipinski definition) is 5. The summed E-state index contributed by atoms with van der Waals surface area (Å²) in [5.41, 5.74) is 4.80. The number of benzene rings is 5. The van der Waals surface area contributed by atoms with E-state index in [9.17, 15) is 0 Å². The fourth-order valence-electron chi connectivity index (χ4n) is 4.60. The molecule has 0 amide bonds. The van der Waals surface area contributed by atoms with Crippen LogP contribution in [0.15, 0.2) is 121 Å². The maximum atomic E-state index is 6.28. The van der Waals surface area contributed by atoms with Crippen molar-refractivity contribution in [3.63, 3.8) is 0 Å². The molecule has 0 saturated carbocycles. The molecule has 0 spiro atoms. The average Bonchev–Trinajstić information content (AvgIpc) is 3.01. The van der Waals surface area contributed by atoms with Crippen molar-refractivity contribution < 1.29 is 23.7 Å². The minimum absolute atomic E-state index is 0.368. The highest BCUT2D eigenvalue weighted by molar-refractivity contribution is 5.40. The molecule has 0 aromatic heterocycles. The van der Waals surface area contributed by atoms with Gasteiger partial charge in [0.25, 0.3) is 0 Å². The Kier molecular flexibility index (Phi) is 7.81. The summed E-state index contributed by atoms with van der Waals surface area (Å²) >= 11 is 0. The van der Waals surface area contributed by atoms with E-state index >= 15 is 0 Å². The van der Waals surface area contributed by atoms with Gasteiger partial charge in [-0.15, -0.1) is 0 Å². The summed E-state index contributed by atoms with van der Waals surface area (Å²) in [4.78, 5) is 0. The van der Waals surface area contributed by atoms with E-state index in [0.29, 0.717) is 33.0 Å². The van der Waals surface area contributed by atoms with Crippen LogP contribution in [0.25, 0.3) is 0 Å². The van der Waals surface area contributed by atoms with Crippen LogP contribution in [-0.4, -0.2) is 0 Å². The van der Waals surface area contributed by atoms with Crippen LogP contribution in [0.5, 0.6) is 28.7 Å². The van der Waals surface area contributed by atoms with Gasteiger partial charge >= 0.3 is 0 Å². The van der Waals surface area contributed by atoms with Gasteiger partial charge in [-0.3, -0.25) is 0 Å². The third-order valence-electron chi connectivity index (χ3n) is 6.78. The van der Waals surface area contributed by atoms with Gasteiger partial charge in [0.05, 0.1) is 0 Å². The molecule has 0 unspecified atom stereocenters. The molecule has 0 N–H and O–H groups in total. The fourth-order valence-corrected chi connectivity index (χ4v) is 4.60. The summed E-state index contributed by atoms with van der Waals surface area (Å²) < 4.78 is 31.4. The minimum atomic E-state index is 0.368. The Balaban J connectivity index is 1.34. The van der Waals surface area contributed by atoms with Crippen molar-refractivity contribution in [2.45, 2.75) is 33.0 Å². The average molecular weight is 531 g/mol. The molecule has 1 aliphatic heterocycles. The van der Waals surface area contributed by atoms with Crippen molar-refractivity contribution in [3.05, 3.63) is 149 Å². The first kappa shape index (κ1) is 25.4. The van der Waals surface area contributed by atoms with Crippen LogP contribution in [0.1, 0.15) is 27.8 Å². The van der Waals surface area contributed by atoms with Gasteiger partial charge in [-0.25, -0.2) is 0 Å². The molecule has 200 valence electrons. The Hall–Kier alpha value is -4.90. The van der Waals surface area contributed by atoms with Gasteiger partial charge in [0.15, 0.2) is 0 Å². The molecule has 1 heterocycles. The quantitative estimate of drug-likeness (QED) is 0.204. The summed E-state index contributed by atoms with van der Waals surface area (Å²) in [6.07, 6.45) is 0. The van der Waals surface area contributed by atoms with E-state index in [1.54, 1.807) is 0 Å². The topological polar surface area (TPSA) is 46.2 Å². The first-order chi connectivity index (χ1) is 19.8. The van der Waals surface area contributed by atoms with Crippen LogP contribution < -0.4 is 23.7 Å². The Bertz CT molecular complexity index is 1190. The van der Waals surface area contributed by atoms with Crippen molar-refractivity contribution >= 4 is 0 Å². The maximum absolute atomic E-state index is 6.28. The fraction of sp³-hybridized carbons (Fsp3) is 0.143. The molecule has 1 aliphatic rings. The second kappa shape index (κ2) is 12.3. The molecule has 0 atom stereocenters. The second-order valence-electron chi connectivity index (χ2n) is 9.48. The Labute approximate surface area is 234 Å². The summed E-state index contributed by atoms with van der Waals surface area (Å²) in [7, 11) is 0. The molecular formula is C35H30O5. The molecule has 40 heavy (non-hydrogen) atoms. The summed E-state index contributed by atoms with van der Waals surface area (Å²) in [5.74, 6) is 3.86. The summed E-state index contributed by atoms with van der Waals surface area (Å²) in [6.45, 7) is 1.84. The van der Waals surface area contributed by atoms with Crippen LogP contribution in [0.4, 0.5) is 0 Å². The minimum Gasteiger partial charge on any atom is -0.488 e. The highest BCUT2D eigenvalue weighted by atomic mass is 16.5. The predicted octanol–water partition coefficient (Wildman–Crippen LogP) is 7.90. The Morgan fingerprint density at radius 1 is 0.250 bits per heavy atom. The number of rotatable bonds is 0. The van der Waals surface area contributed by atoms with Gasteiger partial charge in [0.1, 0.15) is 61.8 Å². The van der Waals surface area contributed by atoms with E-state index in [4.69, 9.17) is 23.7 Å². The lowest BCUT2D eigenvalue weighted by molar-refractivity contribution is 0.243. The molecule has 6 rings (SSSR count). The SMILES string of the molecule is c1ccc2c(c1)COc1ccccc1COc1ccccc1COc1ccccc1COc1ccccc1CO2. The molecule has 0 saturated heterocycles. The van der Waals surface area contributed by atoms with Crippen LogP contribution in [-0.2, 0) is 33.0 Å². The lowest BCUT2D eigenvalue weighted by Crippen LogP contribution is -2.07. The van der Waals surface area contributed by atoms with Crippen molar-refractivity contribution in [1.29, 1.82) is 0 Å². The molecule has 0 aliphatic carbocycles. The first-order valence-electron chi connectivity index (χ1n) is 13.4. The van der Waals surface area contributed by atoms with Gasteiger partial charge in [-0.1, -0.05) is 91.0 Å². The van der Waals surface area contributed by atoms with Crippen molar-refractivity contribution in [2.24, 2.45) is 0 Å². The number of hydrogen-bond donors (Lipinski definition) is 0. The predicted molar refractivity (Wildman–Crippen MR) is 154 cm³/mol. The van der Waals surface area contributed by atoms with Crippen LogP contribution in [0, 0.1) is 0 Å². The van der Waals surface area contributed by atoms with E-state index in [2.05, 4.69) is 0 Å². The number of ether oxygens (including phenoxy) is 5. The van der Waals surface area contributed by atoms with Gasteiger partial charge < -0.3 is 23.7 Å². The summed E-state index contributed by atoms with van der Waals surface area (Å²) in [5, 5.41) is 0. The van der Waals surface area contributed by atoms with E-state index in [1.807, 2.05) is 121 Å².